The molecule has 0 saturated carbocycles. The van der Waals surface area contributed by atoms with Crippen molar-refractivity contribution in [1.29, 1.82) is 0 Å². The number of nitrogens with zero attached hydrogens (tertiary/aromatic N) is 2. The number of carbonyl (C=O) groups excluding carboxylic acids is 1. The van der Waals surface area contributed by atoms with Crippen LogP contribution in [0.25, 0.3) is 10.2 Å². The lowest BCUT2D eigenvalue weighted by Gasteiger charge is -2.26. The van der Waals surface area contributed by atoms with Crippen molar-refractivity contribution in [3.8, 4) is 5.75 Å². The fourth-order valence-corrected chi connectivity index (χ4v) is 5.73. The molecule has 4 rings (SSSR count). The van der Waals surface area contributed by atoms with Crippen LogP contribution in [0.4, 0.5) is 5.13 Å². The summed E-state index contributed by atoms with van der Waals surface area (Å²) in [5, 5.41) is 3.22. The fraction of sp³-hybridized carbons (Fsp3) is 0.333. The van der Waals surface area contributed by atoms with E-state index in [1.165, 1.54) is 46.5 Å². The second kappa shape index (κ2) is 8.91. The lowest BCUT2D eigenvalue weighted by Crippen LogP contribution is -2.40. The van der Waals surface area contributed by atoms with Gasteiger partial charge in [0.15, 0.2) is 5.13 Å². The number of carbonyl (C=O) groups is 1. The Morgan fingerprint density at radius 1 is 1.23 bits per heavy atom. The highest BCUT2D eigenvalue weighted by Gasteiger charge is 2.28. The first kappa shape index (κ1) is 21.7. The average molecular weight is 462 g/mol. The predicted molar refractivity (Wildman–Crippen MR) is 120 cm³/mol. The number of sulfonamides is 1. The summed E-state index contributed by atoms with van der Waals surface area (Å²) in [4.78, 5) is 17.5. The van der Waals surface area contributed by atoms with Crippen molar-refractivity contribution in [2.75, 3.05) is 38.7 Å². The Bertz CT molecular complexity index is 1220. The average Bonchev–Trinajstić information content (AvgIpc) is 3.20. The number of amides is 1. The SMILES string of the molecule is CCc1ccc2nc(NC(=O)c3cc(S(=O)(=O)N4CCOCC4)ccc3OC)sc2c1. The summed E-state index contributed by atoms with van der Waals surface area (Å²) >= 11 is 1.37. The monoisotopic (exact) mass is 461 g/mol. The van der Waals surface area contributed by atoms with E-state index >= 15 is 0 Å². The molecule has 164 valence electrons. The van der Waals surface area contributed by atoms with Crippen molar-refractivity contribution in [3.63, 3.8) is 0 Å². The minimum Gasteiger partial charge on any atom is -0.496 e. The molecule has 0 atom stereocenters. The highest BCUT2D eigenvalue weighted by atomic mass is 32.2. The second-order valence-electron chi connectivity index (χ2n) is 7.01. The maximum atomic E-state index is 13.0. The molecule has 3 aromatic rings. The Balaban J connectivity index is 1.63. The van der Waals surface area contributed by atoms with Gasteiger partial charge in [0.25, 0.3) is 5.91 Å². The van der Waals surface area contributed by atoms with Crippen LogP contribution < -0.4 is 10.1 Å². The summed E-state index contributed by atoms with van der Waals surface area (Å²) in [6.07, 6.45) is 0.914. The van der Waals surface area contributed by atoms with Crippen molar-refractivity contribution in [2.45, 2.75) is 18.2 Å². The van der Waals surface area contributed by atoms with Gasteiger partial charge >= 0.3 is 0 Å². The maximum absolute atomic E-state index is 13.0. The quantitative estimate of drug-likeness (QED) is 0.606. The van der Waals surface area contributed by atoms with Crippen LogP contribution in [0.2, 0.25) is 0 Å². The standard InChI is InChI=1S/C21H23N3O5S2/c1-3-14-4-6-17-19(12-14)30-21(22-17)23-20(25)16-13-15(5-7-18(16)28-2)31(26,27)24-8-10-29-11-9-24/h4-7,12-13H,3,8-11H2,1-2H3,(H,22,23,25). The van der Waals surface area contributed by atoms with Crippen LogP contribution in [0.15, 0.2) is 41.3 Å². The zero-order valence-corrected chi connectivity index (χ0v) is 18.9. The molecule has 0 aliphatic carbocycles. The van der Waals surface area contributed by atoms with Crippen molar-refractivity contribution in [1.82, 2.24) is 9.29 Å². The summed E-state index contributed by atoms with van der Waals surface area (Å²) < 4.78 is 38.8. The van der Waals surface area contributed by atoms with Crippen molar-refractivity contribution in [3.05, 3.63) is 47.5 Å². The summed E-state index contributed by atoms with van der Waals surface area (Å²) in [6.45, 7) is 3.33. The molecular formula is C21H23N3O5S2. The number of nitrogens with one attached hydrogen (secondary N) is 1. The van der Waals surface area contributed by atoms with Gasteiger partial charge in [0.2, 0.25) is 10.0 Å². The van der Waals surface area contributed by atoms with Crippen molar-refractivity contribution in [2.24, 2.45) is 0 Å². The number of thiazole rings is 1. The van der Waals surface area contributed by atoms with E-state index < -0.39 is 15.9 Å². The van der Waals surface area contributed by atoms with Gasteiger partial charge in [-0.05, 0) is 42.3 Å². The van der Waals surface area contributed by atoms with Crippen molar-refractivity contribution < 1.29 is 22.7 Å². The smallest absolute Gasteiger partial charge is 0.261 e. The van der Waals surface area contributed by atoms with E-state index in [1.807, 2.05) is 12.1 Å². The molecule has 2 heterocycles. The number of morpholine rings is 1. The molecule has 8 nitrogen and oxygen atoms in total. The van der Waals surface area contributed by atoms with Crippen LogP contribution >= 0.6 is 11.3 Å². The number of ether oxygens (including phenoxy) is 2. The molecule has 1 saturated heterocycles. The van der Waals surface area contributed by atoms with Gasteiger partial charge in [-0.15, -0.1) is 0 Å². The molecule has 1 fully saturated rings. The van der Waals surface area contributed by atoms with E-state index in [4.69, 9.17) is 9.47 Å². The number of hydrogen-bond donors (Lipinski definition) is 1. The number of aryl methyl sites for hydroxylation is 1. The third kappa shape index (κ3) is 4.42. The van der Waals surface area contributed by atoms with Gasteiger partial charge in [0.05, 0.1) is 41.0 Å². The van der Waals surface area contributed by atoms with Gasteiger partial charge in [0.1, 0.15) is 5.75 Å². The van der Waals surface area contributed by atoms with Gasteiger partial charge < -0.3 is 9.47 Å². The van der Waals surface area contributed by atoms with Crippen molar-refractivity contribution >= 4 is 42.6 Å². The van der Waals surface area contributed by atoms with E-state index in [1.54, 1.807) is 0 Å². The lowest BCUT2D eigenvalue weighted by molar-refractivity contribution is 0.0730. The predicted octanol–water partition coefficient (Wildman–Crippen LogP) is 3.14. The summed E-state index contributed by atoms with van der Waals surface area (Å²) in [5.74, 6) is -0.196. The molecule has 2 aromatic carbocycles. The zero-order valence-electron chi connectivity index (χ0n) is 17.3. The van der Waals surface area contributed by atoms with E-state index in [2.05, 4.69) is 23.3 Å². The lowest BCUT2D eigenvalue weighted by atomic mass is 10.2. The molecule has 1 aliphatic rings. The number of anilines is 1. The minimum atomic E-state index is -3.74. The maximum Gasteiger partial charge on any atom is 0.261 e. The molecule has 0 bridgehead atoms. The minimum absolute atomic E-state index is 0.0391. The van der Waals surface area contributed by atoms with Crippen LogP contribution in [0.3, 0.4) is 0 Å². The molecule has 1 N–H and O–H groups in total. The van der Waals surface area contributed by atoms with Gasteiger partial charge in [-0.2, -0.15) is 4.31 Å². The highest BCUT2D eigenvalue weighted by Crippen LogP contribution is 2.29. The number of hydrogen-bond acceptors (Lipinski definition) is 7. The number of rotatable bonds is 6. The topological polar surface area (TPSA) is 97.8 Å². The van der Waals surface area contributed by atoms with Crippen LogP contribution in [0, 0.1) is 0 Å². The van der Waals surface area contributed by atoms with E-state index in [-0.39, 0.29) is 29.3 Å². The Labute approximate surface area is 184 Å². The number of methoxy groups -OCH3 is 1. The third-order valence-electron chi connectivity index (χ3n) is 5.10. The third-order valence-corrected chi connectivity index (χ3v) is 7.93. The Hall–Kier alpha value is -2.53. The Morgan fingerprint density at radius 3 is 2.71 bits per heavy atom. The zero-order chi connectivity index (χ0) is 22.0. The fourth-order valence-electron chi connectivity index (χ4n) is 3.37. The highest BCUT2D eigenvalue weighted by molar-refractivity contribution is 7.89. The van der Waals surface area contributed by atoms with E-state index in [0.717, 1.165) is 16.6 Å². The number of aromatic nitrogens is 1. The molecular weight excluding hydrogens is 438 g/mol. The molecule has 1 aliphatic heterocycles. The summed E-state index contributed by atoms with van der Waals surface area (Å²) in [5.41, 5.74) is 2.12. The van der Waals surface area contributed by atoms with Crippen LogP contribution in [0.1, 0.15) is 22.8 Å². The van der Waals surface area contributed by atoms with Crippen LogP contribution in [-0.2, 0) is 21.2 Å². The largest absolute Gasteiger partial charge is 0.496 e. The Morgan fingerprint density at radius 2 is 2.00 bits per heavy atom. The van der Waals surface area contributed by atoms with Gasteiger partial charge in [-0.1, -0.05) is 24.3 Å². The van der Waals surface area contributed by atoms with Crippen LogP contribution in [-0.4, -0.2) is 57.0 Å². The van der Waals surface area contributed by atoms with Gasteiger partial charge in [-0.25, -0.2) is 13.4 Å². The first-order chi connectivity index (χ1) is 14.9. The molecule has 0 spiro atoms. The molecule has 10 heteroatoms. The number of benzene rings is 2. The molecule has 0 unspecified atom stereocenters. The molecule has 1 amide bonds. The second-order valence-corrected chi connectivity index (χ2v) is 9.98. The van der Waals surface area contributed by atoms with Crippen LogP contribution in [0.5, 0.6) is 5.75 Å². The molecule has 31 heavy (non-hydrogen) atoms. The summed E-state index contributed by atoms with van der Waals surface area (Å²) in [6, 6.07) is 10.3. The molecule has 1 aromatic heterocycles. The summed E-state index contributed by atoms with van der Waals surface area (Å²) in [7, 11) is -2.30. The molecule has 0 radical (unpaired) electrons. The normalized spacial score (nSPS) is 15.2. The van der Waals surface area contributed by atoms with E-state index in [9.17, 15) is 13.2 Å². The first-order valence-electron chi connectivity index (χ1n) is 9.89. The Kier molecular flexibility index (Phi) is 6.24. The van der Waals surface area contributed by atoms with Gasteiger partial charge in [0, 0.05) is 13.1 Å². The number of fused-ring (bicyclic) bond motifs is 1. The first-order valence-corrected chi connectivity index (χ1v) is 12.1. The van der Waals surface area contributed by atoms with Gasteiger partial charge in [-0.3, -0.25) is 10.1 Å². The van der Waals surface area contributed by atoms with E-state index in [0.29, 0.717) is 18.3 Å².